The third-order valence-corrected chi connectivity index (χ3v) is 8.23. The van der Waals surface area contributed by atoms with E-state index in [4.69, 9.17) is 0 Å². The molecule has 10 heteroatoms. The largest absolute Gasteiger partial charge is 0.335 e. The molecule has 7 nitrogen and oxygen atoms in total. The topological polar surface area (TPSA) is 112 Å². The lowest BCUT2D eigenvalue weighted by Gasteiger charge is -2.33. The Hall–Kier alpha value is -2.71. The number of anilines is 1. The van der Waals surface area contributed by atoms with Crippen LogP contribution in [0.5, 0.6) is 0 Å². The molecule has 1 aromatic heterocycles. The molecule has 0 saturated carbocycles. The molecule has 0 aliphatic heterocycles. The third kappa shape index (κ3) is 5.02. The Labute approximate surface area is 189 Å². The molecular formula is C22H23FN3O4PS. The van der Waals surface area contributed by atoms with Crippen LogP contribution < -0.4 is 5.32 Å². The molecule has 1 heterocycles. The Kier molecular flexibility index (Phi) is 7.36. The van der Waals surface area contributed by atoms with Crippen LogP contribution in [-0.4, -0.2) is 25.3 Å². The van der Waals surface area contributed by atoms with Gasteiger partial charge in [0.2, 0.25) is 5.91 Å². The van der Waals surface area contributed by atoms with Gasteiger partial charge in [0.15, 0.2) is 0 Å². The van der Waals surface area contributed by atoms with Crippen LogP contribution >= 0.6 is 19.1 Å². The fraction of sp³-hybridized carbons (Fsp3) is 0.227. The van der Waals surface area contributed by atoms with E-state index in [1.54, 1.807) is 50.2 Å². The third-order valence-electron chi connectivity index (χ3n) is 5.43. The van der Waals surface area contributed by atoms with Crippen molar-refractivity contribution in [3.05, 3.63) is 71.7 Å². The first-order chi connectivity index (χ1) is 15.2. The number of hydrogen-bond donors (Lipinski definition) is 3. The van der Waals surface area contributed by atoms with Crippen LogP contribution in [0.1, 0.15) is 37.9 Å². The van der Waals surface area contributed by atoms with Crippen molar-refractivity contribution in [1.29, 1.82) is 0 Å². The smallest absolute Gasteiger partial charge is 0.324 e. The van der Waals surface area contributed by atoms with Crippen molar-refractivity contribution in [1.82, 2.24) is 9.59 Å². The van der Waals surface area contributed by atoms with Crippen LogP contribution in [-0.2, 0) is 14.5 Å². The van der Waals surface area contributed by atoms with E-state index in [1.165, 1.54) is 24.3 Å². The Morgan fingerprint density at radius 1 is 1.12 bits per heavy atom. The van der Waals surface area contributed by atoms with Gasteiger partial charge in [-0.15, -0.1) is 5.10 Å². The van der Waals surface area contributed by atoms with Gasteiger partial charge in [-0.05, 0) is 65.8 Å². The lowest BCUT2D eigenvalue weighted by atomic mass is 9.92. The van der Waals surface area contributed by atoms with E-state index < -0.39 is 18.7 Å². The fourth-order valence-corrected chi connectivity index (χ4v) is 5.51. The minimum absolute atomic E-state index is 0.292. The number of rotatable bonds is 8. The van der Waals surface area contributed by atoms with Gasteiger partial charge < -0.3 is 15.1 Å². The van der Waals surface area contributed by atoms with Gasteiger partial charge in [0.05, 0.1) is 10.0 Å². The maximum atomic E-state index is 13.1. The second kappa shape index (κ2) is 9.83. The zero-order chi connectivity index (χ0) is 23.4. The van der Waals surface area contributed by atoms with Gasteiger partial charge in [-0.1, -0.05) is 42.6 Å². The summed E-state index contributed by atoms with van der Waals surface area (Å²) in [5.74, 6) is -0.743. The lowest BCUT2D eigenvalue weighted by molar-refractivity contribution is -0.111. The first-order valence-corrected chi connectivity index (χ1v) is 12.3. The number of benzene rings is 2. The number of nitrogens with one attached hydrogen (secondary N) is 1. The highest BCUT2D eigenvalue weighted by Gasteiger charge is 2.45. The maximum absolute atomic E-state index is 13.1. The first kappa shape index (κ1) is 23.9. The molecule has 0 fully saturated rings. The van der Waals surface area contributed by atoms with Crippen molar-refractivity contribution in [2.75, 3.05) is 5.32 Å². The van der Waals surface area contributed by atoms with Crippen LogP contribution in [0.15, 0.2) is 54.6 Å². The Bertz CT molecular complexity index is 1150. The number of nitrogens with zero attached hydrogens (tertiary/aromatic N) is 2. The summed E-state index contributed by atoms with van der Waals surface area (Å²) in [5, 5.41) is 5.47. The highest BCUT2D eigenvalue weighted by molar-refractivity contribution is 7.53. The van der Waals surface area contributed by atoms with Gasteiger partial charge in [-0.2, -0.15) is 0 Å². The molecule has 0 atom stereocenters. The predicted molar refractivity (Wildman–Crippen MR) is 124 cm³/mol. The predicted octanol–water partition coefficient (Wildman–Crippen LogP) is 5.19. The summed E-state index contributed by atoms with van der Waals surface area (Å²) in [5.41, 5.74) is 2.26. The zero-order valence-corrected chi connectivity index (χ0v) is 19.2. The summed E-state index contributed by atoms with van der Waals surface area (Å²) in [6.45, 7) is 3.49. The van der Waals surface area contributed by atoms with Crippen LogP contribution in [0.25, 0.3) is 16.5 Å². The monoisotopic (exact) mass is 475 g/mol. The van der Waals surface area contributed by atoms with Gasteiger partial charge in [0.25, 0.3) is 0 Å². The van der Waals surface area contributed by atoms with Crippen LogP contribution in [0.3, 0.4) is 0 Å². The Balaban J connectivity index is 1.73. The van der Waals surface area contributed by atoms with E-state index in [1.807, 2.05) is 0 Å². The molecule has 0 aliphatic rings. The van der Waals surface area contributed by atoms with E-state index >= 15 is 0 Å². The maximum Gasteiger partial charge on any atom is 0.335 e. The average Bonchev–Trinajstić information content (AvgIpc) is 3.23. The molecule has 168 valence electrons. The van der Waals surface area contributed by atoms with Gasteiger partial charge in [0, 0.05) is 11.8 Å². The number of halogens is 1. The van der Waals surface area contributed by atoms with Crippen LogP contribution in [0.2, 0.25) is 0 Å². The molecule has 0 saturated heterocycles. The number of carbonyl (C=O) groups excluding carboxylic acids is 1. The SMILES string of the molecule is CCC(CC)(c1ccc(NC(=O)C=Cc2nnsc2-c2ccc(F)cc2)cc1)P(=O)(O)O. The molecule has 3 rings (SSSR count). The van der Waals surface area contributed by atoms with Gasteiger partial charge in [-0.3, -0.25) is 9.36 Å². The molecule has 3 aromatic rings. The molecule has 2 aromatic carbocycles. The molecule has 1 amide bonds. The number of hydrogen-bond acceptors (Lipinski definition) is 5. The quantitative estimate of drug-likeness (QED) is 0.305. The highest BCUT2D eigenvalue weighted by atomic mass is 32.1. The van der Waals surface area contributed by atoms with E-state index in [2.05, 4.69) is 14.9 Å². The summed E-state index contributed by atoms with van der Waals surface area (Å²) in [7, 11) is -4.37. The Morgan fingerprint density at radius 3 is 2.31 bits per heavy atom. The average molecular weight is 475 g/mol. The standard InChI is InChI=1S/C22H23FN3O4PS/c1-3-22(4-2,31(28,29)30)16-7-11-18(12-8-16)24-20(27)14-13-19-21(32-26-25-19)15-5-9-17(23)10-6-15/h5-14H,3-4H2,1-2H3,(H,24,27)(H2,28,29,30). The number of aromatic nitrogens is 2. The van der Waals surface area contributed by atoms with Crippen molar-refractivity contribution in [3.63, 3.8) is 0 Å². The normalized spacial score (nSPS) is 12.3. The van der Waals surface area contributed by atoms with Gasteiger partial charge in [0.1, 0.15) is 11.5 Å². The van der Waals surface area contributed by atoms with Crippen LogP contribution in [0.4, 0.5) is 10.1 Å². The molecule has 0 radical (unpaired) electrons. The summed E-state index contributed by atoms with van der Waals surface area (Å²) in [6, 6.07) is 12.4. The van der Waals surface area contributed by atoms with Crippen LogP contribution in [0, 0.1) is 5.82 Å². The van der Waals surface area contributed by atoms with E-state index in [9.17, 15) is 23.5 Å². The molecule has 0 bridgehead atoms. The minimum atomic E-state index is -4.37. The molecule has 0 unspecified atom stereocenters. The summed E-state index contributed by atoms with van der Waals surface area (Å²) in [4.78, 5) is 32.8. The van der Waals surface area contributed by atoms with Crippen molar-refractivity contribution in [2.24, 2.45) is 0 Å². The molecular weight excluding hydrogens is 452 g/mol. The van der Waals surface area contributed by atoms with E-state index in [-0.39, 0.29) is 5.82 Å². The lowest BCUT2D eigenvalue weighted by Crippen LogP contribution is -2.24. The summed E-state index contributed by atoms with van der Waals surface area (Å²) in [6.07, 6.45) is 3.43. The molecule has 32 heavy (non-hydrogen) atoms. The van der Waals surface area contributed by atoms with Crippen molar-refractivity contribution in [3.8, 4) is 10.4 Å². The van der Waals surface area contributed by atoms with Crippen molar-refractivity contribution in [2.45, 2.75) is 31.8 Å². The molecule has 3 N–H and O–H groups in total. The minimum Gasteiger partial charge on any atom is -0.324 e. The molecule has 0 aliphatic carbocycles. The second-order valence-corrected chi connectivity index (χ2v) is 9.88. The first-order valence-electron chi connectivity index (χ1n) is 9.93. The number of amides is 1. The van der Waals surface area contributed by atoms with E-state index in [0.29, 0.717) is 34.7 Å². The fourth-order valence-electron chi connectivity index (χ4n) is 3.55. The summed E-state index contributed by atoms with van der Waals surface area (Å²) >= 11 is 1.14. The summed E-state index contributed by atoms with van der Waals surface area (Å²) < 4.78 is 29.2. The van der Waals surface area contributed by atoms with Gasteiger partial charge in [-0.25, -0.2) is 4.39 Å². The molecule has 0 spiro atoms. The number of carbonyl (C=O) groups is 1. The van der Waals surface area contributed by atoms with Crippen molar-refractivity contribution >= 4 is 36.8 Å². The zero-order valence-electron chi connectivity index (χ0n) is 17.5. The Morgan fingerprint density at radius 2 is 1.75 bits per heavy atom. The second-order valence-electron chi connectivity index (χ2n) is 7.18. The highest BCUT2D eigenvalue weighted by Crippen LogP contribution is 2.60. The van der Waals surface area contributed by atoms with Gasteiger partial charge >= 0.3 is 7.60 Å². The van der Waals surface area contributed by atoms with E-state index in [0.717, 1.165) is 17.1 Å². The van der Waals surface area contributed by atoms with Crippen molar-refractivity contribution < 1.29 is 23.5 Å².